The van der Waals surface area contributed by atoms with Crippen molar-refractivity contribution in [2.24, 2.45) is 5.92 Å². The molecular formula is C18H26N2O2S. The first kappa shape index (κ1) is 16.5. The zero-order chi connectivity index (χ0) is 16.2. The maximum Gasteiger partial charge on any atom is 0.263 e. The Morgan fingerprint density at radius 3 is 2.83 bits per heavy atom. The lowest BCUT2D eigenvalue weighted by molar-refractivity contribution is -0.125. The van der Waals surface area contributed by atoms with E-state index in [1.54, 1.807) is 11.3 Å². The van der Waals surface area contributed by atoms with Crippen molar-refractivity contribution in [1.82, 2.24) is 10.2 Å². The normalized spacial score (nSPS) is 20.9. The van der Waals surface area contributed by atoms with Crippen LogP contribution in [0.25, 0.3) is 0 Å². The smallest absolute Gasteiger partial charge is 0.263 e. The van der Waals surface area contributed by atoms with Crippen molar-refractivity contribution in [3.63, 3.8) is 0 Å². The number of fused-ring (bicyclic) bond motifs is 1. The third kappa shape index (κ3) is 3.77. The Hall–Kier alpha value is -1.36. The lowest BCUT2D eigenvalue weighted by atomic mass is 9.87. The summed E-state index contributed by atoms with van der Waals surface area (Å²) in [6, 6.07) is 2.05. The summed E-state index contributed by atoms with van der Waals surface area (Å²) >= 11 is 1.65. The van der Waals surface area contributed by atoms with Crippen LogP contribution >= 0.6 is 11.3 Å². The van der Waals surface area contributed by atoms with Gasteiger partial charge in [0, 0.05) is 30.4 Å². The van der Waals surface area contributed by atoms with Gasteiger partial charge in [0.2, 0.25) is 5.91 Å². The number of likely N-dealkylation sites (tertiary alicyclic amines) is 1. The number of hydrogen-bond donors (Lipinski definition) is 1. The van der Waals surface area contributed by atoms with E-state index in [4.69, 9.17) is 0 Å². The van der Waals surface area contributed by atoms with Crippen LogP contribution in [0.15, 0.2) is 6.07 Å². The predicted octanol–water partition coefficient (Wildman–Crippen LogP) is 3.01. The van der Waals surface area contributed by atoms with Gasteiger partial charge < -0.3 is 10.2 Å². The Labute approximate surface area is 142 Å². The molecule has 0 radical (unpaired) electrons. The van der Waals surface area contributed by atoms with Gasteiger partial charge in [0.25, 0.3) is 5.91 Å². The fourth-order valence-electron chi connectivity index (χ4n) is 3.50. The van der Waals surface area contributed by atoms with Gasteiger partial charge in [-0.05, 0) is 56.6 Å². The van der Waals surface area contributed by atoms with E-state index in [2.05, 4.69) is 18.3 Å². The fourth-order valence-corrected chi connectivity index (χ4v) is 4.67. The Bertz CT molecular complexity index is 576. The number of aryl methyl sites for hydroxylation is 1. The molecule has 126 valence electrons. The van der Waals surface area contributed by atoms with E-state index >= 15 is 0 Å². The van der Waals surface area contributed by atoms with Crippen molar-refractivity contribution in [2.75, 3.05) is 19.6 Å². The number of piperidine rings is 1. The van der Waals surface area contributed by atoms with Gasteiger partial charge in [0.1, 0.15) is 0 Å². The topological polar surface area (TPSA) is 49.4 Å². The molecule has 3 rings (SSSR count). The van der Waals surface area contributed by atoms with Crippen LogP contribution < -0.4 is 5.32 Å². The molecule has 0 spiro atoms. The second kappa shape index (κ2) is 7.47. The lowest BCUT2D eigenvalue weighted by Gasteiger charge is -2.26. The minimum Gasteiger partial charge on any atom is -0.356 e. The molecule has 1 unspecified atom stereocenters. The van der Waals surface area contributed by atoms with Crippen molar-refractivity contribution < 1.29 is 9.59 Å². The zero-order valence-electron chi connectivity index (χ0n) is 13.9. The monoisotopic (exact) mass is 334 g/mol. The highest BCUT2D eigenvalue weighted by atomic mass is 32.1. The second-order valence-electron chi connectivity index (χ2n) is 6.64. The van der Waals surface area contributed by atoms with E-state index in [0.29, 0.717) is 0 Å². The number of nitrogens with one attached hydrogen (secondary N) is 1. The summed E-state index contributed by atoms with van der Waals surface area (Å²) in [5.74, 6) is 0.435. The molecule has 5 heteroatoms. The highest BCUT2D eigenvalue weighted by molar-refractivity contribution is 7.14. The number of hydrogen-bond acceptors (Lipinski definition) is 3. The van der Waals surface area contributed by atoms with Crippen LogP contribution in [-0.2, 0) is 17.6 Å². The standard InChI is InChI=1S/C18H26N2O2S/c1-2-8-19-17(21)13-6-7-15-14(11-13)12-16(23-15)18(22)20-9-4-3-5-10-20/h12-13H,2-11H2,1H3,(H,19,21). The van der Waals surface area contributed by atoms with Crippen LogP contribution in [0.4, 0.5) is 0 Å². The first-order valence-electron chi connectivity index (χ1n) is 8.87. The maximum atomic E-state index is 12.6. The minimum atomic E-state index is 0.0709. The van der Waals surface area contributed by atoms with E-state index < -0.39 is 0 Å². The molecule has 1 atom stereocenters. The van der Waals surface area contributed by atoms with Gasteiger partial charge in [-0.2, -0.15) is 0 Å². The summed E-state index contributed by atoms with van der Waals surface area (Å²) in [5, 5.41) is 3.00. The van der Waals surface area contributed by atoms with Crippen molar-refractivity contribution in [3.05, 3.63) is 21.4 Å². The van der Waals surface area contributed by atoms with Gasteiger partial charge in [-0.1, -0.05) is 6.92 Å². The molecule has 2 heterocycles. The molecule has 4 nitrogen and oxygen atoms in total. The van der Waals surface area contributed by atoms with Crippen molar-refractivity contribution >= 4 is 23.2 Å². The molecule has 1 N–H and O–H groups in total. The highest BCUT2D eigenvalue weighted by Gasteiger charge is 2.28. The van der Waals surface area contributed by atoms with E-state index in [-0.39, 0.29) is 17.7 Å². The van der Waals surface area contributed by atoms with Crippen molar-refractivity contribution in [3.8, 4) is 0 Å². The molecule has 0 aromatic carbocycles. The molecular weight excluding hydrogens is 308 g/mol. The molecule has 0 bridgehead atoms. The van der Waals surface area contributed by atoms with Crippen LogP contribution in [0.1, 0.15) is 59.1 Å². The molecule has 0 saturated carbocycles. The first-order chi connectivity index (χ1) is 11.2. The Morgan fingerprint density at radius 2 is 2.09 bits per heavy atom. The van der Waals surface area contributed by atoms with Gasteiger partial charge in [-0.15, -0.1) is 11.3 Å². The largest absolute Gasteiger partial charge is 0.356 e. The summed E-state index contributed by atoms with van der Waals surface area (Å²) in [7, 11) is 0. The van der Waals surface area contributed by atoms with Crippen LogP contribution in [0.2, 0.25) is 0 Å². The van der Waals surface area contributed by atoms with Gasteiger partial charge in [-0.25, -0.2) is 0 Å². The average Bonchev–Trinajstić information content (AvgIpc) is 3.02. The van der Waals surface area contributed by atoms with Crippen LogP contribution in [0.5, 0.6) is 0 Å². The summed E-state index contributed by atoms with van der Waals surface area (Å²) in [5.41, 5.74) is 1.22. The quantitative estimate of drug-likeness (QED) is 0.920. The van der Waals surface area contributed by atoms with E-state index in [9.17, 15) is 9.59 Å². The highest BCUT2D eigenvalue weighted by Crippen LogP contribution is 2.33. The maximum absolute atomic E-state index is 12.6. The number of nitrogens with zero attached hydrogens (tertiary/aromatic N) is 1. The van der Waals surface area contributed by atoms with E-state index in [1.807, 2.05) is 4.90 Å². The van der Waals surface area contributed by atoms with E-state index in [1.165, 1.54) is 16.9 Å². The molecule has 1 aliphatic carbocycles. The number of thiophene rings is 1. The van der Waals surface area contributed by atoms with Gasteiger partial charge in [-0.3, -0.25) is 9.59 Å². The van der Waals surface area contributed by atoms with Crippen LogP contribution in [0, 0.1) is 5.92 Å². The SMILES string of the molecule is CCCNC(=O)C1CCc2sc(C(=O)N3CCCCC3)cc2C1. The number of rotatable bonds is 4. The number of carbonyl (C=O) groups is 2. The molecule has 2 amide bonds. The predicted molar refractivity (Wildman–Crippen MR) is 92.9 cm³/mol. The molecule has 1 saturated heterocycles. The third-order valence-corrected chi connectivity index (χ3v) is 6.08. The third-order valence-electron chi connectivity index (χ3n) is 4.86. The minimum absolute atomic E-state index is 0.0709. The number of carbonyl (C=O) groups excluding carboxylic acids is 2. The molecule has 1 aromatic heterocycles. The summed E-state index contributed by atoms with van der Waals surface area (Å²) in [4.78, 5) is 29.0. The second-order valence-corrected chi connectivity index (χ2v) is 7.78. The van der Waals surface area contributed by atoms with Crippen molar-refractivity contribution in [2.45, 2.75) is 51.9 Å². The number of amides is 2. The van der Waals surface area contributed by atoms with Crippen LogP contribution in [-0.4, -0.2) is 36.3 Å². The molecule has 2 aliphatic rings. The summed E-state index contributed by atoms with van der Waals surface area (Å²) < 4.78 is 0. The van der Waals surface area contributed by atoms with Gasteiger partial charge in [0.15, 0.2) is 0 Å². The zero-order valence-corrected chi connectivity index (χ0v) is 14.7. The van der Waals surface area contributed by atoms with E-state index in [0.717, 1.165) is 63.0 Å². The lowest BCUT2D eigenvalue weighted by Crippen LogP contribution is -2.35. The molecule has 1 fully saturated rings. The molecule has 23 heavy (non-hydrogen) atoms. The molecule has 1 aromatic rings. The first-order valence-corrected chi connectivity index (χ1v) is 9.69. The fraction of sp³-hybridized carbons (Fsp3) is 0.667. The Balaban J connectivity index is 1.66. The van der Waals surface area contributed by atoms with Gasteiger partial charge >= 0.3 is 0 Å². The van der Waals surface area contributed by atoms with Gasteiger partial charge in [0.05, 0.1) is 4.88 Å². The van der Waals surface area contributed by atoms with Crippen molar-refractivity contribution in [1.29, 1.82) is 0 Å². The Morgan fingerprint density at radius 1 is 1.30 bits per heavy atom. The average molecular weight is 334 g/mol. The Kier molecular flexibility index (Phi) is 5.36. The van der Waals surface area contributed by atoms with Crippen LogP contribution in [0.3, 0.4) is 0 Å². The summed E-state index contributed by atoms with van der Waals surface area (Å²) in [6.45, 7) is 4.61. The molecule has 1 aliphatic heterocycles. The summed E-state index contributed by atoms with van der Waals surface area (Å²) in [6.07, 6.45) is 7.06.